The second-order valence-electron chi connectivity index (χ2n) is 7.76. The highest BCUT2D eigenvalue weighted by atomic mass is 16.4. The molecule has 0 aromatic carbocycles. The first-order valence-corrected chi connectivity index (χ1v) is 8.59. The number of nitrogens with zero attached hydrogens (tertiary/aromatic N) is 2. The highest BCUT2D eigenvalue weighted by Crippen LogP contribution is 2.40. The number of hydrogen-bond acceptors (Lipinski definition) is 3. The van der Waals surface area contributed by atoms with Crippen molar-refractivity contribution in [2.75, 3.05) is 39.3 Å². The van der Waals surface area contributed by atoms with E-state index in [1.165, 1.54) is 6.42 Å². The third-order valence-electron chi connectivity index (χ3n) is 5.16. The summed E-state index contributed by atoms with van der Waals surface area (Å²) < 4.78 is 0. The van der Waals surface area contributed by atoms with Crippen molar-refractivity contribution in [2.45, 2.75) is 46.5 Å². The molecule has 1 N–H and O–H groups in total. The van der Waals surface area contributed by atoms with E-state index in [4.69, 9.17) is 0 Å². The predicted molar refractivity (Wildman–Crippen MR) is 85.4 cm³/mol. The maximum atomic E-state index is 11.9. The molecule has 4 nitrogen and oxygen atoms in total. The molecule has 1 saturated carbocycles. The zero-order chi connectivity index (χ0) is 15.5. The summed E-state index contributed by atoms with van der Waals surface area (Å²) in [5.41, 5.74) is -0.488. The van der Waals surface area contributed by atoms with Crippen molar-refractivity contribution < 1.29 is 9.90 Å². The predicted octanol–water partition coefficient (Wildman–Crippen LogP) is 2.54. The largest absolute Gasteiger partial charge is 0.481 e. The first-order chi connectivity index (χ1) is 9.91. The lowest BCUT2D eigenvalue weighted by molar-refractivity contribution is -0.154. The van der Waals surface area contributed by atoms with Gasteiger partial charge in [0.05, 0.1) is 5.41 Å². The van der Waals surface area contributed by atoms with Crippen LogP contribution in [0.15, 0.2) is 0 Å². The van der Waals surface area contributed by atoms with Crippen molar-refractivity contribution in [1.82, 2.24) is 9.80 Å². The summed E-state index contributed by atoms with van der Waals surface area (Å²) in [5.74, 6) is 0.692. The third kappa shape index (κ3) is 4.43. The zero-order valence-corrected chi connectivity index (χ0v) is 14.0. The van der Waals surface area contributed by atoms with E-state index in [1.54, 1.807) is 0 Å². The minimum absolute atomic E-state index is 0.488. The summed E-state index contributed by atoms with van der Waals surface area (Å²) in [6.07, 6.45) is 3.98. The number of rotatable bonds is 5. The number of aliphatic carboxylic acids is 1. The van der Waals surface area contributed by atoms with Crippen molar-refractivity contribution >= 4 is 5.97 Å². The molecule has 2 rings (SSSR count). The van der Waals surface area contributed by atoms with Crippen LogP contribution >= 0.6 is 0 Å². The number of piperazine rings is 1. The Labute approximate surface area is 129 Å². The van der Waals surface area contributed by atoms with E-state index < -0.39 is 11.4 Å². The monoisotopic (exact) mass is 296 g/mol. The van der Waals surface area contributed by atoms with Gasteiger partial charge in [-0.05, 0) is 24.7 Å². The molecule has 0 bridgehead atoms. The van der Waals surface area contributed by atoms with E-state index in [0.29, 0.717) is 11.8 Å². The first-order valence-electron chi connectivity index (χ1n) is 8.59. The molecule has 0 aromatic rings. The van der Waals surface area contributed by atoms with Crippen LogP contribution in [0.2, 0.25) is 0 Å². The lowest BCUT2D eigenvalue weighted by Crippen LogP contribution is -2.53. The smallest absolute Gasteiger partial charge is 0.310 e. The van der Waals surface area contributed by atoms with Gasteiger partial charge < -0.3 is 10.0 Å². The van der Waals surface area contributed by atoms with Crippen LogP contribution in [0.25, 0.3) is 0 Å². The molecule has 0 radical (unpaired) electrons. The van der Waals surface area contributed by atoms with Crippen molar-refractivity contribution in [3.8, 4) is 0 Å². The number of carboxylic acid groups (broad SMARTS) is 1. The molecule has 0 spiro atoms. The SMILES string of the molecule is CC(C)CN1CCN(CC2(C(=O)O)CCCC(C)C2)CC1. The fraction of sp³-hybridized carbons (Fsp3) is 0.941. The third-order valence-corrected chi connectivity index (χ3v) is 5.16. The Kier molecular flexibility index (Phi) is 5.67. The topological polar surface area (TPSA) is 43.8 Å². The number of hydrogen-bond donors (Lipinski definition) is 1. The van der Waals surface area contributed by atoms with Gasteiger partial charge in [0.2, 0.25) is 0 Å². The molecule has 0 amide bonds. The fourth-order valence-electron chi connectivity index (χ4n) is 4.14. The van der Waals surface area contributed by atoms with Crippen LogP contribution in [0.4, 0.5) is 0 Å². The Bertz CT molecular complexity index is 351. The van der Waals surface area contributed by atoms with E-state index in [0.717, 1.165) is 58.5 Å². The summed E-state index contributed by atoms with van der Waals surface area (Å²) in [4.78, 5) is 16.8. The minimum atomic E-state index is -0.571. The summed E-state index contributed by atoms with van der Waals surface area (Å²) in [5, 5.41) is 9.77. The van der Waals surface area contributed by atoms with Gasteiger partial charge in [-0.1, -0.05) is 33.6 Å². The molecular weight excluding hydrogens is 264 g/mol. The molecule has 2 aliphatic rings. The van der Waals surface area contributed by atoms with Gasteiger partial charge >= 0.3 is 5.97 Å². The van der Waals surface area contributed by atoms with Crippen LogP contribution in [0.3, 0.4) is 0 Å². The summed E-state index contributed by atoms with van der Waals surface area (Å²) in [6.45, 7) is 12.9. The Morgan fingerprint density at radius 3 is 2.38 bits per heavy atom. The van der Waals surface area contributed by atoms with Gasteiger partial charge in [0, 0.05) is 39.3 Å². The van der Waals surface area contributed by atoms with Crippen LogP contribution in [0.5, 0.6) is 0 Å². The second kappa shape index (κ2) is 7.10. The van der Waals surface area contributed by atoms with E-state index in [1.807, 2.05) is 0 Å². The normalized spacial score (nSPS) is 32.5. The first kappa shape index (κ1) is 16.8. The van der Waals surface area contributed by atoms with Gasteiger partial charge in [-0.3, -0.25) is 9.69 Å². The molecule has 122 valence electrons. The molecule has 2 atom stereocenters. The molecule has 1 aliphatic heterocycles. The van der Waals surface area contributed by atoms with Crippen molar-refractivity contribution in [3.63, 3.8) is 0 Å². The minimum Gasteiger partial charge on any atom is -0.481 e. The molecule has 4 heteroatoms. The van der Waals surface area contributed by atoms with Crippen LogP contribution in [-0.4, -0.2) is 60.1 Å². The van der Waals surface area contributed by atoms with Gasteiger partial charge in [0.1, 0.15) is 0 Å². The van der Waals surface area contributed by atoms with E-state index >= 15 is 0 Å². The Morgan fingerprint density at radius 1 is 1.24 bits per heavy atom. The average Bonchev–Trinajstić information content (AvgIpc) is 2.40. The molecule has 1 saturated heterocycles. The molecule has 1 aliphatic carbocycles. The van der Waals surface area contributed by atoms with Gasteiger partial charge in [-0.2, -0.15) is 0 Å². The van der Waals surface area contributed by atoms with Crippen LogP contribution in [-0.2, 0) is 4.79 Å². The van der Waals surface area contributed by atoms with Gasteiger partial charge in [-0.15, -0.1) is 0 Å². The molecule has 21 heavy (non-hydrogen) atoms. The fourth-order valence-corrected chi connectivity index (χ4v) is 4.14. The van der Waals surface area contributed by atoms with Crippen molar-refractivity contribution in [1.29, 1.82) is 0 Å². The van der Waals surface area contributed by atoms with Crippen LogP contribution < -0.4 is 0 Å². The maximum Gasteiger partial charge on any atom is 0.310 e. The highest BCUT2D eigenvalue weighted by Gasteiger charge is 2.43. The Balaban J connectivity index is 1.89. The van der Waals surface area contributed by atoms with Crippen molar-refractivity contribution in [2.24, 2.45) is 17.3 Å². The summed E-state index contributed by atoms with van der Waals surface area (Å²) >= 11 is 0. The Hall–Kier alpha value is -0.610. The highest BCUT2D eigenvalue weighted by molar-refractivity contribution is 5.75. The molecule has 2 fully saturated rings. The second-order valence-corrected chi connectivity index (χ2v) is 7.76. The lowest BCUT2D eigenvalue weighted by atomic mass is 9.69. The number of carboxylic acids is 1. The van der Waals surface area contributed by atoms with Crippen molar-refractivity contribution in [3.05, 3.63) is 0 Å². The average molecular weight is 296 g/mol. The molecule has 2 unspecified atom stereocenters. The van der Waals surface area contributed by atoms with E-state index in [2.05, 4.69) is 30.6 Å². The Morgan fingerprint density at radius 2 is 1.86 bits per heavy atom. The molecular formula is C17H32N2O2. The van der Waals surface area contributed by atoms with Crippen LogP contribution in [0, 0.1) is 17.3 Å². The number of carbonyl (C=O) groups is 1. The van der Waals surface area contributed by atoms with Gasteiger partial charge in [0.15, 0.2) is 0 Å². The lowest BCUT2D eigenvalue weighted by Gasteiger charge is -2.43. The standard InChI is InChI=1S/C17H32N2O2/c1-14(2)12-18-7-9-19(10-8-18)13-17(16(20)21)6-4-5-15(3)11-17/h14-15H,4-13H2,1-3H3,(H,20,21). The van der Waals surface area contributed by atoms with Gasteiger partial charge in [-0.25, -0.2) is 0 Å². The van der Waals surface area contributed by atoms with E-state index in [9.17, 15) is 9.90 Å². The summed E-state index contributed by atoms with van der Waals surface area (Å²) in [7, 11) is 0. The molecule has 1 heterocycles. The zero-order valence-electron chi connectivity index (χ0n) is 14.0. The summed E-state index contributed by atoms with van der Waals surface area (Å²) in [6, 6.07) is 0. The maximum absolute atomic E-state index is 11.9. The van der Waals surface area contributed by atoms with E-state index in [-0.39, 0.29) is 0 Å². The van der Waals surface area contributed by atoms with Gasteiger partial charge in [0.25, 0.3) is 0 Å². The molecule has 0 aromatic heterocycles. The quantitative estimate of drug-likeness (QED) is 0.847. The van der Waals surface area contributed by atoms with Crippen LogP contribution in [0.1, 0.15) is 46.5 Å².